The highest BCUT2D eigenvalue weighted by molar-refractivity contribution is 9.11. The second-order valence-electron chi connectivity index (χ2n) is 14.7. The number of hydrogen-bond acceptors (Lipinski definition) is 20. The molecular formula is C44H46Br4N8O12S4. The van der Waals surface area contributed by atoms with Crippen molar-refractivity contribution in [1.29, 1.82) is 0 Å². The van der Waals surface area contributed by atoms with Crippen molar-refractivity contribution in [1.82, 2.24) is 21.3 Å². The zero-order valence-electron chi connectivity index (χ0n) is 37.4. The molecule has 0 aliphatic heterocycles. The highest BCUT2D eigenvalue weighted by Gasteiger charge is 2.22. The molecule has 0 saturated carbocycles. The Hall–Kier alpha value is -4.84. The molecule has 0 aliphatic carbocycles. The minimum atomic E-state index is -0.653. The molecule has 4 rings (SSSR count). The fraction of sp³-hybridized carbons (Fsp3) is 0.273. The molecule has 0 bridgehead atoms. The van der Waals surface area contributed by atoms with E-state index in [1.54, 1.807) is 24.3 Å². The smallest absolute Gasteiger partial charge is 0.269 e. The van der Waals surface area contributed by atoms with Gasteiger partial charge in [-0.1, -0.05) is 75.9 Å². The number of carbonyl (C=O) groups excluding carboxylic acids is 4. The Bertz CT molecular complexity index is 2540. The van der Waals surface area contributed by atoms with Gasteiger partial charge in [0.15, 0.2) is 0 Å². The molecule has 4 aromatic rings. The van der Waals surface area contributed by atoms with Crippen LogP contribution in [0.15, 0.2) is 99.2 Å². The number of rotatable bonds is 27. The van der Waals surface area contributed by atoms with Crippen LogP contribution in [0.3, 0.4) is 0 Å². The van der Waals surface area contributed by atoms with Gasteiger partial charge in [-0.15, -0.1) is 0 Å². The van der Waals surface area contributed by atoms with Gasteiger partial charge in [-0.3, -0.25) is 19.2 Å². The number of phenols is 4. The molecular weight excluding hydrogens is 1280 g/mol. The Morgan fingerprint density at radius 3 is 0.931 bits per heavy atom. The number of hydrogen-bond donors (Lipinski definition) is 12. The van der Waals surface area contributed by atoms with E-state index in [9.17, 15) is 60.4 Å². The normalized spacial score (nSPS) is 12.1. The molecule has 0 heterocycles. The van der Waals surface area contributed by atoms with Gasteiger partial charge in [0.25, 0.3) is 23.6 Å². The number of amides is 4. The summed E-state index contributed by atoms with van der Waals surface area (Å²) in [6.45, 7) is 0.951. The molecule has 12 N–H and O–H groups in total. The number of oxime groups is 4. The molecule has 0 atom stereocenters. The largest absolute Gasteiger partial charge is 0.507 e. The van der Waals surface area contributed by atoms with Crippen LogP contribution in [0.4, 0.5) is 0 Å². The molecule has 0 radical (unpaired) electrons. The minimum Gasteiger partial charge on any atom is -0.507 e. The summed E-state index contributed by atoms with van der Waals surface area (Å²) >= 11 is 13.1. The van der Waals surface area contributed by atoms with E-state index in [-0.39, 0.29) is 118 Å². The molecule has 0 aromatic heterocycles. The number of halogens is 4. The van der Waals surface area contributed by atoms with Crippen LogP contribution < -0.4 is 21.3 Å². The number of phenolic OH excluding ortho intramolecular Hbond substituents is 4. The van der Waals surface area contributed by atoms with Crippen LogP contribution in [0, 0.1) is 0 Å². The van der Waals surface area contributed by atoms with E-state index in [0.717, 1.165) is 0 Å². The first-order chi connectivity index (χ1) is 34.5. The lowest BCUT2D eigenvalue weighted by atomic mass is 9.95. The molecule has 0 unspecified atom stereocenters. The average Bonchev–Trinajstić information content (AvgIpc) is 3.36. The maximum atomic E-state index is 13.0. The van der Waals surface area contributed by atoms with Gasteiger partial charge < -0.3 is 62.5 Å². The number of aromatic hydroxyl groups is 4. The van der Waals surface area contributed by atoms with Crippen LogP contribution in [0.2, 0.25) is 0 Å². The lowest BCUT2D eigenvalue weighted by Gasteiger charge is -2.15. The van der Waals surface area contributed by atoms with Gasteiger partial charge in [-0.05, 0) is 135 Å². The molecule has 28 heteroatoms. The third-order valence-electron chi connectivity index (χ3n) is 9.63. The van der Waals surface area contributed by atoms with Crippen LogP contribution >= 0.6 is 107 Å². The monoisotopic (exact) mass is 1320 g/mol. The average molecular weight is 1330 g/mol. The number of nitrogens with zero attached hydrogens (tertiary/aromatic N) is 4. The summed E-state index contributed by atoms with van der Waals surface area (Å²) in [5.41, 5.74) is 1.69. The fourth-order valence-corrected chi connectivity index (χ4v) is 11.6. The summed E-state index contributed by atoms with van der Waals surface area (Å²) < 4.78 is 1.27. The molecule has 0 fully saturated rings. The van der Waals surface area contributed by atoms with Crippen LogP contribution in [0.5, 0.6) is 23.0 Å². The Balaban J connectivity index is 1.21. The highest BCUT2D eigenvalue weighted by atomic mass is 79.9. The van der Waals surface area contributed by atoms with E-state index >= 15 is 0 Å². The van der Waals surface area contributed by atoms with E-state index in [0.29, 0.717) is 54.2 Å². The summed E-state index contributed by atoms with van der Waals surface area (Å²) in [5.74, 6) is -0.934. The molecule has 0 aliphatic rings. The van der Waals surface area contributed by atoms with E-state index in [1.165, 1.54) is 79.6 Å². The maximum absolute atomic E-state index is 13.0. The van der Waals surface area contributed by atoms with Crippen molar-refractivity contribution in [2.45, 2.75) is 25.7 Å². The van der Waals surface area contributed by atoms with Crippen molar-refractivity contribution in [3.05, 3.63) is 101 Å². The lowest BCUT2D eigenvalue weighted by molar-refractivity contribution is -0.115. The van der Waals surface area contributed by atoms with Crippen molar-refractivity contribution in [3.8, 4) is 34.1 Å². The standard InChI is InChI=1S/C44H46Br4N8O12S4/c45-29-15-23(1-3-37(29)57)19-33(53-65)41(61)49-5-9-69-71-11-7-51-43(63)35(55-67)21-25-13-27(39(59)31(47)17-25)28-14-26(18-32(48)40(28)60)22-36(56-68)44(64)52-8-12-72-70-10-6-50-42(62)34(54-66)20-24-2-4-38(58)30(46)16-24/h1-4,13-18,57-60,65-68H,5-12,19-22H2,(H,49,61)(H,50,62)(H,51,63)(H,52,64). The highest BCUT2D eigenvalue weighted by Crippen LogP contribution is 2.44. The first-order valence-corrected chi connectivity index (χ1v) is 29.1. The van der Waals surface area contributed by atoms with Crippen molar-refractivity contribution in [2.24, 2.45) is 20.6 Å². The topological polar surface area (TPSA) is 328 Å². The first-order valence-electron chi connectivity index (χ1n) is 20.9. The quantitative estimate of drug-likeness (QED) is 0.00913. The second kappa shape index (κ2) is 31.0. The van der Waals surface area contributed by atoms with E-state index in [2.05, 4.69) is 106 Å². The van der Waals surface area contributed by atoms with Gasteiger partial charge >= 0.3 is 0 Å². The first kappa shape index (κ1) is 59.7. The summed E-state index contributed by atoms with van der Waals surface area (Å²) in [5, 5.41) is 103. The fourth-order valence-electron chi connectivity index (χ4n) is 6.13. The van der Waals surface area contributed by atoms with Gasteiger partial charge in [0, 0.05) is 86.0 Å². The van der Waals surface area contributed by atoms with Gasteiger partial charge in [-0.2, -0.15) is 0 Å². The van der Waals surface area contributed by atoms with Gasteiger partial charge in [0.1, 0.15) is 45.8 Å². The number of benzene rings is 4. The van der Waals surface area contributed by atoms with E-state index < -0.39 is 23.6 Å². The van der Waals surface area contributed by atoms with E-state index in [1.807, 2.05) is 0 Å². The van der Waals surface area contributed by atoms with Gasteiger partial charge in [-0.25, -0.2) is 0 Å². The maximum Gasteiger partial charge on any atom is 0.269 e. The molecule has 0 spiro atoms. The Morgan fingerprint density at radius 2 is 0.667 bits per heavy atom. The van der Waals surface area contributed by atoms with Crippen LogP contribution in [-0.2, 0) is 44.9 Å². The predicted molar refractivity (Wildman–Crippen MR) is 296 cm³/mol. The second-order valence-corrected chi connectivity index (χ2v) is 23.5. The number of nitrogens with one attached hydrogen (secondary N) is 4. The molecule has 4 aromatic carbocycles. The third kappa shape index (κ3) is 18.9. The Kier molecular flexibility index (Phi) is 25.7. The van der Waals surface area contributed by atoms with Gasteiger partial charge in [0.05, 0.1) is 17.9 Å². The van der Waals surface area contributed by atoms with Crippen LogP contribution in [0.1, 0.15) is 22.3 Å². The Morgan fingerprint density at radius 1 is 0.403 bits per heavy atom. The number of carbonyl (C=O) groups is 4. The van der Waals surface area contributed by atoms with E-state index in [4.69, 9.17) is 0 Å². The zero-order chi connectivity index (χ0) is 52.7. The van der Waals surface area contributed by atoms with Crippen LogP contribution in [-0.4, -0.2) is 137 Å². The third-order valence-corrected chi connectivity index (χ3v) is 16.9. The predicted octanol–water partition coefficient (Wildman–Crippen LogP) is 7.34. The summed E-state index contributed by atoms with van der Waals surface area (Å²) in [4.78, 5) is 51.0. The van der Waals surface area contributed by atoms with Crippen molar-refractivity contribution < 1.29 is 60.4 Å². The van der Waals surface area contributed by atoms with Crippen molar-refractivity contribution in [2.75, 3.05) is 49.2 Å². The van der Waals surface area contributed by atoms with Crippen molar-refractivity contribution in [3.63, 3.8) is 0 Å². The lowest BCUT2D eigenvalue weighted by Crippen LogP contribution is -2.34. The molecule has 4 amide bonds. The van der Waals surface area contributed by atoms with Crippen molar-refractivity contribution >= 4 is 153 Å². The Labute approximate surface area is 461 Å². The SMILES string of the molecule is O=C(NCCSSCCNC(=O)C(Cc1cc(Br)c(O)c(-c2cc(CC(=NO)C(=O)NCCSSCCNC(=O)C(Cc3ccc(O)c(Br)c3)=NO)cc(Br)c2O)c1)=NO)C(Cc1ccc(O)c(Br)c1)=NO. The summed E-state index contributed by atoms with van der Waals surface area (Å²) in [7, 11) is 5.71. The van der Waals surface area contributed by atoms with Gasteiger partial charge in [0.2, 0.25) is 0 Å². The van der Waals surface area contributed by atoms with Crippen LogP contribution in [0.25, 0.3) is 11.1 Å². The molecule has 20 nitrogen and oxygen atoms in total. The zero-order valence-corrected chi connectivity index (χ0v) is 47.0. The summed E-state index contributed by atoms with van der Waals surface area (Å²) in [6.07, 6.45) is -0.274. The molecule has 0 saturated heterocycles. The molecule has 386 valence electrons. The summed E-state index contributed by atoms with van der Waals surface area (Å²) in [6, 6.07) is 15.4. The molecule has 72 heavy (non-hydrogen) atoms. The minimum absolute atomic E-state index is 0.0373.